The summed E-state index contributed by atoms with van der Waals surface area (Å²) in [5.41, 5.74) is 0.0721. The summed E-state index contributed by atoms with van der Waals surface area (Å²) in [6.07, 6.45) is 1.30. The molecule has 4 nitrogen and oxygen atoms in total. The fourth-order valence-electron chi connectivity index (χ4n) is 1.07. The number of hydrogen-bond donors (Lipinski definition) is 1. The molecule has 0 atom stereocenters. The molecular weight excluding hydrogens is 209 g/mol. The number of H-pyrrole nitrogens is 1. The lowest BCUT2D eigenvalue weighted by molar-refractivity contribution is 0.627. The number of nitrogens with one attached hydrogen (secondary N) is 1. The molecule has 0 unspecified atom stereocenters. The van der Waals surface area contributed by atoms with Crippen molar-refractivity contribution in [1.29, 1.82) is 0 Å². The number of aromatic nitrogens is 3. The number of hydrogen-bond acceptors (Lipinski definition) is 2. The summed E-state index contributed by atoms with van der Waals surface area (Å²) in [5, 5.41) is 5.73. The molecule has 0 radical (unpaired) electrons. The zero-order chi connectivity index (χ0) is 10.1. The van der Waals surface area contributed by atoms with Crippen molar-refractivity contribution < 1.29 is 4.39 Å². The Hall–Kier alpha value is -1.62. The van der Waals surface area contributed by atoms with Crippen LogP contribution < -0.4 is 5.69 Å². The molecule has 0 bridgehead atoms. The van der Waals surface area contributed by atoms with Crippen LogP contribution in [-0.4, -0.2) is 14.8 Å². The molecule has 0 saturated heterocycles. The van der Waals surface area contributed by atoms with Crippen molar-refractivity contribution in [1.82, 2.24) is 14.8 Å². The van der Waals surface area contributed by atoms with Gasteiger partial charge in [-0.05, 0) is 18.2 Å². The molecule has 0 aliphatic heterocycles. The average molecular weight is 214 g/mol. The number of aromatic amines is 1. The fourth-order valence-corrected chi connectivity index (χ4v) is 1.24. The van der Waals surface area contributed by atoms with E-state index in [-0.39, 0.29) is 5.02 Å². The average Bonchev–Trinajstić information content (AvgIpc) is 2.57. The minimum atomic E-state index is -0.521. The van der Waals surface area contributed by atoms with Crippen molar-refractivity contribution in [2.75, 3.05) is 0 Å². The molecule has 0 aliphatic rings. The quantitative estimate of drug-likeness (QED) is 0.778. The smallest absolute Gasteiger partial charge is 0.250 e. The fraction of sp³-hybridized carbons (Fsp3) is 0. The van der Waals surface area contributed by atoms with Crippen LogP contribution in [0.15, 0.2) is 29.3 Å². The van der Waals surface area contributed by atoms with Crippen molar-refractivity contribution in [3.05, 3.63) is 45.9 Å². The standard InChI is InChI=1S/C8H5ClFN3O/c9-6-3-5(1-2-7(6)10)13-4-11-12-8(13)14/h1-4H,(H,12,14). The van der Waals surface area contributed by atoms with E-state index in [2.05, 4.69) is 10.2 Å². The summed E-state index contributed by atoms with van der Waals surface area (Å²) >= 11 is 5.56. The van der Waals surface area contributed by atoms with Crippen LogP contribution in [0.1, 0.15) is 0 Å². The first-order chi connectivity index (χ1) is 6.68. The Kier molecular flexibility index (Phi) is 2.09. The van der Waals surface area contributed by atoms with E-state index < -0.39 is 11.5 Å². The van der Waals surface area contributed by atoms with Crippen LogP contribution in [0.5, 0.6) is 0 Å². The largest absolute Gasteiger partial charge is 0.347 e. The van der Waals surface area contributed by atoms with E-state index in [1.807, 2.05) is 0 Å². The third kappa shape index (κ3) is 1.42. The maximum absolute atomic E-state index is 12.8. The van der Waals surface area contributed by atoms with E-state index in [1.165, 1.54) is 29.1 Å². The highest BCUT2D eigenvalue weighted by atomic mass is 35.5. The highest BCUT2D eigenvalue weighted by molar-refractivity contribution is 6.30. The van der Waals surface area contributed by atoms with Gasteiger partial charge in [-0.1, -0.05) is 11.6 Å². The monoisotopic (exact) mass is 213 g/mol. The second kappa shape index (κ2) is 3.26. The third-order valence-corrected chi connectivity index (χ3v) is 2.02. The van der Waals surface area contributed by atoms with Gasteiger partial charge in [0.1, 0.15) is 12.1 Å². The van der Waals surface area contributed by atoms with E-state index in [9.17, 15) is 9.18 Å². The maximum Gasteiger partial charge on any atom is 0.347 e. The number of rotatable bonds is 1. The van der Waals surface area contributed by atoms with Crippen LogP contribution in [-0.2, 0) is 0 Å². The Morgan fingerprint density at radius 1 is 1.50 bits per heavy atom. The summed E-state index contributed by atoms with van der Waals surface area (Å²) < 4.78 is 14.0. The lowest BCUT2D eigenvalue weighted by atomic mass is 10.3. The number of benzene rings is 1. The van der Waals surface area contributed by atoms with Crippen LogP contribution in [0.4, 0.5) is 4.39 Å². The Bertz CT molecular complexity index is 519. The van der Waals surface area contributed by atoms with Gasteiger partial charge in [0.25, 0.3) is 0 Å². The molecule has 1 heterocycles. The van der Waals surface area contributed by atoms with Crippen molar-refractivity contribution in [2.45, 2.75) is 0 Å². The minimum absolute atomic E-state index is 0.0319. The highest BCUT2D eigenvalue weighted by Gasteiger charge is 2.04. The van der Waals surface area contributed by atoms with Gasteiger partial charge >= 0.3 is 5.69 Å². The second-order valence-corrected chi connectivity index (χ2v) is 3.04. The van der Waals surface area contributed by atoms with Crippen LogP contribution in [0, 0.1) is 5.82 Å². The van der Waals surface area contributed by atoms with Crippen molar-refractivity contribution in [3.8, 4) is 5.69 Å². The summed E-state index contributed by atoms with van der Waals surface area (Å²) in [7, 11) is 0. The predicted octanol–water partition coefficient (Wildman–Crippen LogP) is 1.35. The Morgan fingerprint density at radius 2 is 2.29 bits per heavy atom. The van der Waals surface area contributed by atoms with Gasteiger partial charge in [-0.2, -0.15) is 5.10 Å². The predicted molar refractivity (Wildman–Crippen MR) is 49.2 cm³/mol. The molecule has 0 spiro atoms. The third-order valence-electron chi connectivity index (χ3n) is 1.73. The Morgan fingerprint density at radius 3 is 2.86 bits per heavy atom. The molecule has 0 saturated carbocycles. The van der Waals surface area contributed by atoms with E-state index in [1.54, 1.807) is 0 Å². The van der Waals surface area contributed by atoms with Crippen molar-refractivity contribution >= 4 is 11.6 Å². The molecule has 1 aromatic carbocycles. The van der Waals surface area contributed by atoms with Crippen LogP contribution in [0.25, 0.3) is 5.69 Å². The van der Waals surface area contributed by atoms with Gasteiger partial charge in [0.15, 0.2) is 0 Å². The number of nitrogens with zero attached hydrogens (tertiary/aromatic N) is 2. The second-order valence-electron chi connectivity index (χ2n) is 2.63. The first kappa shape index (κ1) is 8.96. The molecule has 6 heteroatoms. The van der Waals surface area contributed by atoms with Crippen molar-refractivity contribution in [2.24, 2.45) is 0 Å². The molecule has 0 amide bonds. The Labute approximate surface area is 82.9 Å². The topological polar surface area (TPSA) is 50.7 Å². The number of halogens is 2. The molecule has 14 heavy (non-hydrogen) atoms. The van der Waals surface area contributed by atoms with Gasteiger partial charge in [0, 0.05) is 0 Å². The van der Waals surface area contributed by atoms with E-state index in [0.717, 1.165) is 0 Å². The van der Waals surface area contributed by atoms with Gasteiger partial charge in [-0.3, -0.25) is 0 Å². The van der Waals surface area contributed by atoms with Crippen molar-refractivity contribution in [3.63, 3.8) is 0 Å². The molecule has 1 N–H and O–H groups in total. The molecule has 72 valence electrons. The van der Waals surface area contributed by atoms with Gasteiger partial charge in [-0.15, -0.1) is 0 Å². The summed E-state index contributed by atoms with van der Waals surface area (Å²) in [4.78, 5) is 11.1. The molecule has 0 fully saturated rings. The van der Waals surface area contributed by atoms with E-state index in [0.29, 0.717) is 5.69 Å². The Balaban J connectivity index is 2.59. The van der Waals surface area contributed by atoms with E-state index in [4.69, 9.17) is 11.6 Å². The minimum Gasteiger partial charge on any atom is -0.250 e. The zero-order valence-electron chi connectivity index (χ0n) is 6.87. The zero-order valence-corrected chi connectivity index (χ0v) is 7.62. The van der Waals surface area contributed by atoms with Gasteiger partial charge < -0.3 is 0 Å². The van der Waals surface area contributed by atoms with Gasteiger partial charge in [-0.25, -0.2) is 18.9 Å². The van der Waals surface area contributed by atoms with Crippen LogP contribution >= 0.6 is 11.6 Å². The normalized spacial score (nSPS) is 10.4. The van der Waals surface area contributed by atoms with Crippen LogP contribution in [0.3, 0.4) is 0 Å². The van der Waals surface area contributed by atoms with Gasteiger partial charge in [0.05, 0.1) is 10.7 Å². The first-order valence-electron chi connectivity index (χ1n) is 3.76. The summed E-state index contributed by atoms with van der Waals surface area (Å²) in [6, 6.07) is 3.99. The maximum atomic E-state index is 12.8. The first-order valence-corrected chi connectivity index (χ1v) is 4.14. The lowest BCUT2D eigenvalue weighted by Crippen LogP contribution is -2.13. The SMILES string of the molecule is O=c1[nH]ncn1-c1ccc(F)c(Cl)c1. The summed E-state index contributed by atoms with van der Waals surface area (Å²) in [6.45, 7) is 0. The van der Waals surface area contributed by atoms with Crippen LogP contribution in [0.2, 0.25) is 5.02 Å². The summed E-state index contributed by atoms with van der Waals surface area (Å²) in [5.74, 6) is -0.521. The van der Waals surface area contributed by atoms with E-state index >= 15 is 0 Å². The molecular formula is C8H5ClFN3O. The van der Waals surface area contributed by atoms with Gasteiger partial charge in [0.2, 0.25) is 0 Å². The lowest BCUT2D eigenvalue weighted by Gasteiger charge is -2.00. The highest BCUT2D eigenvalue weighted by Crippen LogP contribution is 2.17. The molecule has 2 aromatic rings. The molecule has 2 rings (SSSR count). The molecule has 1 aromatic heterocycles. The molecule has 0 aliphatic carbocycles.